The summed E-state index contributed by atoms with van der Waals surface area (Å²) in [5.41, 5.74) is 5.49. The average Bonchev–Trinajstić information content (AvgIpc) is 3.30. The molecule has 5 rings (SSSR count). The van der Waals surface area contributed by atoms with Crippen molar-refractivity contribution in [3.8, 4) is 0 Å². The molecule has 0 saturated heterocycles. The molecule has 0 atom stereocenters. The predicted molar refractivity (Wildman–Crippen MR) is 120 cm³/mol. The predicted octanol–water partition coefficient (Wildman–Crippen LogP) is 3.67. The molecule has 9 heteroatoms. The molecule has 0 radical (unpaired) electrons. The van der Waals surface area contributed by atoms with Gasteiger partial charge in [-0.3, -0.25) is 9.78 Å². The number of benzene rings is 2. The molecule has 164 valence electrons. The summed E-state index contributed by atoms with van der Waals surface area (Å²) in [4.78, 5) is 23.2. The number of hydrogen-bond donors (Lipinski definition) is 0. The Morgan fingerprint density at radius 2 is 1.88 bits per heavy atom. The van der Waals surface area contributed by atoms with Crippen LogP contribution >= 0.6 is 0 Å². The Morgan fingerprint density at radius 1 is 1.06 bits per heavy atom. The van der Waals surface area contributed by atoms with Gasteiger partial charge in [0.15, 0.2) is 5.65 Å². The van der Waals surface area contributed by atoms with Crippen molar-refractivity contribution in [2.24, 2.45) is 0 Å². The van der Waals surface area contributed by atoms with Crippen LogP contribution < -0.4 is 0 Å². The van der Waals surface area contributed by atoms with Crippen molar-refractivity contribution in [3.05, 3.63) is 94.8 Å². The standard InChI is InChI=1S/C24H20FN7O/c1-15-9-16(2)22-18(10-15)11-19(23-28-29-30-32(22)23)14-31(13-17-3-5-20(25)6-4-17)24(33)21-12-26-7-8-27-21/h3-12H,13-14H2,1-2H3. The lowest BCUT2D eigenvalue weighted by Gasteiger charge is -2.23. The quantitative estimate of drug-likeness (QED) is 0.414. The van der Waals surface area contributed by atoms with Crippen LogP contribution in [0.1, 0.15) is 32.7 Å². The number of amides is 1. The Labute approximate surface area is 188 Å². The smallest absolute Gasteiger partial charge is 0.274 e. The van der Waals surface area contributed by atoms with Crippen molar-refractivity contribution in [3.63, 3.8) is 0 Å². The van der Waals surface area contributed by atoms with Gasteiger partial charge < -0.3 is 4.90 Å². The highest BCUT2D eigenvalue weighted by atomic mass is 19.1. The minimum atomic E-state index is -0.331. The van der Waals surface area contributed by atoms with Gasteiger partial charge in [-0.2, -0.15) is 4.52 Å². The first-order valence-electron chi connectivity index (χ1n) is 10.4. The van der Waals surface area contributed by atoms with E-state index in [9.17, 15) is 9.18 Å². The van der Waals surface area contributed by atoms with Crippen LogP contribution in [0.15, 0.2) is 61.1 Å². The summed E-state index contributed by atoms with van der Waals surface area (Å²) in [6, 6.07) is 12.2. The number of rotatable bonds is 5. The summed E-state index contributed by atoms with van der Waals surface area (Å²) >= 11 is 0. The van der Waals surface area contributed by atoms with Crippen LogP contribution in [-0.2, 0) is 13.1 Å². The molecule has 0 N–H and O–H groups in total. The van der Waals surface area contributed by atoms with Gasteiger partial charge in [0.2, 0.25) is 0 Å². The maximum atomic E-state index is 13.4. The van der Waals surface area contributed by atoms with Crippen molar-refractivity contribution in [1.29, 1.82) is 0 Å². The highest BCUT2D eigenvalue weighted by Crippen LogP contribution is 2.25. The third-order valence-electron chi connectivity index (χ3n) is 5.49. The van der Waals surface area contributed by atoms with E-state index in [4.69, 9.17) is 0 Å². The van der Waals surface area contributed by atoms with Crippen molar-refractivity contribution in [2.75, 3.05) is 0 Å². The lowest BCUT2D eigenvalue weighted by atomic mass is 10.0. The molecule has 2 aromatic carbocycles. The summed E-state index contributed by atoms with van der Waals surface area (Å²) in [7, 11) is 0. The molecule has 0 bridgehead atoms. The van der Waals surface area contributed by atoms with Gasteiger partial charge in [-0.15, -0.1) is 5.10 Å². The van der Waals surface area contributed by atoms with Crippen LogP contribution in [0.5, 0.6) is 0 Å². The second-order valence-electron chi connectivity index (χ2n) is 7.98. The number of hydrogen-bond acceptors (Lipinski definition) is 6. The van der Waals surface area contributed by atoms with Gasteiger partial charge in [-0.25, -0.2) is 9.37 Å². The largest absolute Gasteiger partial charge is 0.328 e. The van der Waals surface area contributed by atoms with E-state index in [-0.39, 0.29) is 30.5 Å². The number of aromatic nitrogens is 6. The molecule has 3 aromatic heterocycles. The van der Waals surface area contributed by atoms with E-state index >= 15 is 0 Å². The number of fused-ring (bicyclic) bond motifs is 3. The topological polar surface area (TPSA) is 89.2 Å². The van der Waals surface area contributed by atoms with Gasteiger partial charge in [-0.1, -0.05) is 23.8 Å². The number of carbonyl (C=O) groups is 1. The van der Waals surface area contributed by atoms with Gasteiger partial charge >= 0.3 is 0 Å². The normalized spacial score (nSPS) is 11.2. The molecule has 0 aliphatic carbocycles. The van der Waals surface area contributed by atoms with Gasteiger partial charge in [0.05, 0.1) is 18.3 Å². The SMILES string of the molecule is Cc1cc(C)c2c(c1)cc(CN(Cc1ccc(F)cc1)C(=O)c1cnccn1)c1nnnn12. The van der Waals surface area contributed by atoms with Crippen molar-refractivity contribution < 1.29 is 9.18 Å². The molecule has 1 amide bonds. The zero-order chi connectivity index (χ0) is 22.9. The molecule has 0 aliphatic heterocycles. The Bertz CT molecular complexity index is 1470. The van der Waals surface area contributed by atoms with Crippen LogP contribution in [0.25, 0.3) is 16.6 Å². The highest BCUT2D eigenvalue weighted by Gasteiger charge is 2.21. The first-order chi connectivity index (χ1) is 16.0. The van der Waals surface area contributed by atoms with Crippen LogP contribution in [0.3, 0.4) is 0 Å². The highest BCUT2D eigenvalue weighted by molar-refractivity contribution is 5.92. The molecule has 3 heterocycles. The molecule has 5 aromatic rings. The van der Waals surface area contributed by atoms with E-state index in [0.717, 1.165) is 33.2 Å². The summed E-state index contributed by atoms with van der Waals surface area (Å²) < 4.78 is 15.1. The fourth-order valence-electron chi connectivity index (χ4n) is 4.09. The van der Waals surface area contributed by atoms with E-state index in [1.807, 2.05) is 19.9 Å². The molecular weight excluding hydrogens is 421 g/mol. The number of pyridine rings is 1. The van der Waals surface area contributed by atoms with Gasteiger partial charge in [0.25, 0.3) is 5.91 Å². The van der Waals surface area contributed by atoms with E-state index in [1.165, 1.54) is 30.7 Å². The Morgan fingerprint density at radius 3 is 2.64 bits per heavy atom. The van der Waals surface area contributed by atoms with Gasteiger partial charge in [0, 0.05) is 29.9 Å². The number of carbonyl (C=O) groups excluding carboxylic acids is 1. The minimum Gasteiger partial charge on any atom is -0.328 e. The van der Waals surface area contributed by atoms with E-state index < -0.39 is 0 Å². The van der Waals surface area contributed by atoms with E-state index in [1.54, 1.807) is 21.5 Å². The third-order valence-corrected chi connectivity index (χ3v) is 5.49. The zero-order valence-corrected chi connectivity index (χ0v) is 18.1. The zero-order valence-electron chi connectivity index (χ0n) is 18.1. The fraction of sp³-hybridized carbons (Fsp3) is 0.167. The van der Waals surface area contributed by atoms with Crippen molar-refractivity contribution in [2.45, 2.75) is 26.9 Å². The van der Waals surface area contributed by atoms with Crippen LogP contribution in [-0.4, -0.2) is 40.8 Å². The second-order valence-corrected chi connectivity index (χ2v) is 7.98. The summed E-state index contributed by atoms with van der Waals surface area (Å²) in [5.74, 6) is -0.624. The number of nitrogens with zero attached hydrogens (tertiary/aromatic N) is 7. The molecule has 8 nitrogen and oxygen atoms in total. The third kappa shape index (κ3) is 4.00. The monoisotopic (exact) mass is 441 g/mol. The van der Waals surface area contributed by atoms with Crippen molar-refractivity contribution in [1.82, 2.24) is 34.9 Å². The average molecular weight is 441 g/mol. The molecule has 33 heavy (non-hydrogen) atoms. The van der Waals surface area contributed by atoms with Crippen LogP contribution in [0, 0.1) is 19.7 Å². The molecule has 0 unspecified atom stereocenters. The minimum absolute atomic E-state index is 0.225. The van der Waals surface area contributed by atoms with E-state index in [0.29, 0.717) is 5.65 Å². The number of aryl methyl sites for hydroxylation is 2. The molecule has 0 aliphatic rings. The Kier molecular flexibility index (Phi) is 5.21. The summed E-state index contributed by atoms with van der Waals surface area (Å²) in [6.45, 7) is 4.55. The van der Waals surface area contributed by atoms with Crippen LogP contribution in [0.4, 0.5) is 4.39 Å². The maximum absolute atomic E-state index is 13.4. The Hall–Kier alpha value is -4.27. The molecular formula is C24H20FN7O. The van der Waals surface area contributed by atoms with Gasteiger partial charge in [-0.05, 0) is 59.7 Å². The Balaban J connectivity index is 1.60. The second kappa shape index (κ2) is 8.34. The van der Waals surface area contributed by atoms with E-state index in [2.05, 4.69) is 37.6 Å². The van der Waals surface area contributed by atoms with Gasteiger partial charge in [0.1, 0.15) is 11.5 Å². The van der Waals surface area contributed by atoms with Crippen LogP contribution in [0.2, 0.25) is 0 Å². The first kappa shape index (κ1) is 20.6. The fourth-order valence-corrected chi connectivity index (χ4v) is 4.09. The molecule has 0 saturated carbocycles. The summed E-state index contributed by atoms with van der Waals surface area (Å²) in [5, 5.41) is 13.3. The number of halogens is 1. The first-order valence-corrected chi connectivity index (χ1v) is 10.4. The van der Waals surface area contributed by atoms with Crippen molar-refractivity contribution >= 4 is 22.5 Å². The maximum Gasteiger partial charge on any atom is 0.274 e. The lowest BCUT2D eigenvalue weighted by molar-refractivity contribution is 0.0724. The lowest BCUT2D eigenvalue weighted by Crippen LogP contribution is -2.31. The number of tetrazole rings is 1. The molecule has 0 spiro atoms. The summed E-state index contributed by atoms with van der Waals surface area (Å²) in [6.07, 6.45) is 4.42. The molecule has 0 fully saturated rings.